The fraction of sp³-hybridized carbons (Fsp3) is 0.160. The largest absolute Gasteiger partial charge is 0.497 e. The van der Waals surface area contributed by atoms with Crippen molar-refractivity contribution >= 4 is 46.6 Å². The van der Waals surface area contributed by atoms with E-state index in [0.29, 0.717) is 32.5 Å². The molecule has 34 heavy (non-hydrogen) atoms. The van der Waals surface area contributed by atoms with Crippen molar-refractivity contribution in [2.75, 3.05) is 18.2 Å². The van der Waals surface area contributed by atoms with Gasteiger partial charge in [-0.3, -0.25) is 9.36 Å². The SMILES string of the molecule is COc1cccc(-c2nnc(SCC(=O)Nc3c(C)cc(C)cc3Cl)n2-c2ccc(Cl)cc2)c1. The smallest absolute Gasteiger partial charge is 0.234 e. The lowest BCUT2D eigenvalue weighted by Crippen LogP contribution is -2.16. The van der Waals surface area contributed by atoms with Crippen LogP contribution in [0.4, 0.5) is 5.69 Å². The number of benzene rings is 3. The molecule has 1 N–H and O–H groups in total. The summed E-state index contributed by atoms with van der Waals surface area (Å²) in [6, 6.07) is 18.8. The van der Waals surface area contributed by atoms with Crippen molar-refractivity contribution in [3.8, 4) is 22.8 Å². The summed E-state index contributed by atoms with van der Waals surface area (Å²) in [5, 5.41) is 13.4. The van der Waals surface area contributed by atoms with Crippen LogP contribution in [0.3, 0.4) is 0 Å². The second-order valence-electron chi connectivity index (χ2n) is 7.63. The first-order valence-corrected chi connectivity index (χ1v) is 12.1. The second kappa shape index (κ2) is 10.5. The lowest BCUT2D eigenvalue weighted by molar-refractivity contribution is -0.113. The van der Waals surface area contributed by atoms with Gasteiger partial charge >= 0.3 is 0 Å². The third kappa shape index (κ3) is 5.38. The summed E-state index contributed by atoms with van der Waals surface area (Å²) >= 11 is 13.7. The first-order valence-electron chi connectivity index (χ1n) is 10.4. The van der Waals surface area contributed by atoms with Gasteiger partial charge in [0, 0.05) is 16.3 Å². The number of thioether (sulfide) groups is 1. The Morgan fingerprint density at radius 1 is 1.06 bits per heavy atom. The maximum absolute atomic E-state index is 12.7. The average molecular weight is 513 g/mol. The normalized spacial score (nSPS) is 10.9. The molecule has 0 aliphatic heterocycles. The van der Waals surface area contributed by atoms with Gasteiger partial charge in [-0.05, 0) is 67.4 Å². The van der Waals surface area contributed by atoms with Gasteiger partial charge in [0.2, 0.25) is 5.91 Å². The van der Waals surface area contributed by atoms with Crippen LogP contribution in [0, 0.1) is 13.8 Å². The van der Waals surface area contributed by atoms with Gasteiger partial charge in [-0.1, -0.05) is 53.2 Å². The molecular weight excluding hydrogens is 491 g/mol. The van der Waals surface area contributed by atoms with Crippen molar-refractivity contribution in [2.45, 2.75) is 19.0 Å². The standard InChI is InChI=1S/C25H22Cl2N4O2S/c1-15-11-16(2)23(21(27)12-15)28-22(32)14-34-25-30-29-24(17-5-4-6-20(13-17)33-3)31(25)19-9-7-18(26)8-10-19/h4-13H,14H2,1-3H3,(H,28,32). The van der Waals surface area contributed by atoms with Gasteiger partial charge in [-0.25, -0.2) is 0 Å². The molecule has 1 amide bonds. The van der Waals surface area contributed by atoms with Crippen LogP contribution in [0.2, 0.25) is 10.0 Å². The molecule has 0 atom stereocenters. The van der Waals surface area contributed by atoms with Crippen LogP contribution in [0.15, 0.2) is 65.8 Å². The summed E-state index contributed by atoms with van der Waals surface area (Å²) < 4.78 is 7.26. The summed E-state index contributed by atoms with van der Waals surface area (Å²) in [5.74, 6) is 1.28. The number of amides is 1. The van der Waals surface area contributed by atoms with Crippen LogP contribution in [0.25, 0.3) is 17.1 Å². The van der Waals surface area contributed by atoms with E-state index in [1.807, 2.05) is 66.9 Å². The molecule has 0 fully saturated rings. The summed E-state index contributed by atoms with van der Waals surface area (Å²) in [7, 11) is 1.62. The molecule has 9 heteroatoms. The number of hydrogen-bond acceptors (Lipinski definition) is 5. The highest BCUT2D eigenvalue weighted by molar-refractivity contribution is 7.99. The number of hydrogen-bond donors (Lipinski definition) is 1. The third-order valence-corrected chi connectivity index (χ3v) is 6.55. The van der Waals surface area contributed by atoms with Crippen LogP contribution in [0.1, 0.15) is 11.1 Å². The quantitative estimate of drug-likeness (QED) is 0.282. The molecule has 0 spiro atoms. The molecule has 1 heterocycles. The van der Waals surface area contributed by atoms with Crippen LogP contribution >= 0.6 is 35.0 Å². The fourth-order valence-electron chi connectivity index (χ4n) is 3.52. The molecule has 6 nitrogen and oxygen atoms in total. The number of ether oxygens (including phenoxy) is 1. The maximum atomic E-state index is 12.7. The first kappa shape index (κ1) is 24.1. The van der Waals surface area contributed by atoms with Crippen molar-refractivity contribution in [1.29, 1.82) is 0 Å². The Balaban J connectivity index is 1.62. The number of rotatable bonds is 7. The van der Waals surface area contributed by atoms with E-state index in [2.05, 4.69) is 15.5 Å². The highest BCUT2D eigenvalue weighted by atomic mass is 35.5. The maximum Gasteiger partial charge on any atom is 0.234 e. The molecule has 4 rings (SSSR count). The fourth-order valence-corrected chi connectivity index (χ4v) is 4.76. The van der Waals surface area contributed by atoms with E-state index in [1.165, 1.54) is 11.8 Å². The molecule has 1 aromatic heterocycles. The van der Waals surface area contributed by atoms with Crippen LogP contribution in [-0.4, -0.2) is 33.5 Å². The molecule has 0 unspecified atom stereocenters. The van der Waals surface area contributed by atoms with Crippen molar-refractivity contribution in [3.63, 3.8) is 0 Å². The minimum Gasteiger partial charge on any atom is -0.497 e. The molecule has 0 radical (unpaired) electrons. The van der Waals surface area contributed by atoms with Gasteiger partial charge in [-0.2, -0.15) is 0 Å². The summed E-state index contributed by atoms with van der Waals surface area (Å²) in [6.07, 6.45) is 0. The lowest BCUT2D eigenvalue weighted by atomic mass is 10.1. The van der Waals surface area contributed by atoms with E-state index in [0.717, 1.165) is 22.4 Å². The monoisotopic (exact) mass is 512 g/mol. The van der Waals surface area contributed by atoms with Crippen molar-refractivity contribution in [1.82, 2.24) is 14.8 Å². The molecule has 4 aromatic rings. The third-order valence-electron chi connectivity index (χ3n) is 5.07. The Morgan fingerprint density at radius 3 is 2.53 bits per heavy atom. The van der Waals surface area contributed by atoms with Crippen LogP contribution in [-0.2, 0) is 4.79 Å². The first-order chi connectivity index (χ1) is 16.4. The van der Waals surface area contributed by atoms with Gasteiger partial charge in [0.15, 0.2) is 11.0 Å². The van der Waals surface area contributed by atoms with Crippen LogP contribution in [0.5, 0.6) is 5.75 Å². The Kier molecular flexibility index (Phi) is 7.46. The number of nitrogens with one attached hydrogen (secondary N) is 1. The number of nitrogens with zero attached hydrogens (tertiary/aromatic N) is 3. The predicted molar refractivity (Wildman–Crippen MR) is 139 cm³/mol. The van der Waals surface area contributed by atoms with E-state index in [9.17, 15) is 4.79 Å². The number of methoxy groups -OCH3 is 1. The lowest BCUT2D eigenvalue weighted by Gasteiger charge is -2.13. The zero-order valence-electron chi connectivity index (χ0n) is 18.8. The zero-order chi connectivity index (χ0) is 24.2. The summed E-state index contributed by atoms with van der Waals surface area (Å²) in [6.45, 7) is 3.88. The number of halogens is 2. The number of aryl methyl sites for hydroxylation is 2. The molecule has 0 saturated heterocycles. The van der Waals surface area contributed by atoms with Gasteiger partial charge < -0.3 is 10.1 Å². The summed E-state index contributed by atoms with van der Waals surface area (Å²) in [4.78, 5) is 12.7. The molecule has 0 aliphatic carbocycles. The average Bonchev–Trinajstić information content (AvgIpc) is 3.24. The molecular formula is C25H22Cl2N4O2S. The van der Waals surface area contributed by atoms with Gasteiger partial charge in [0.05, 0.1) is 23.6 Å². The molecule has 174 valence electrons. The van der Waals surface area contributed by atoms with Gasteiger partial charge in [-0.15, -0.1) is 10.2 Å². The van der Waals surface area contributed by atoms with E-state index in [-0.39, 0.29) is 11.7 Å². The Hall–Kier alpha value is -3.00. The number of anilines is 1. The van der Waals surface area contributed by atoms with Crippen molar-refractivity contribution in [3.05, 3.63) is 81.8 Å². The highest BCUT2D eigenvalue weighted by Gasteiger charge is 2.18. The van der Waals surface area contributed by atoms with E-state index in [4.69, 9.17) is 27.9 Å². The Morgan fingerprint density at radius 2 is 1.82 bits per heavy atom. The van der Waals surface area contributed by atoms with E-state index >= 15 is 0 Å². The molecule has 3 aromatic carbocycles. The Labute approximate surface area is 212 Å². The minimum atomic E-state index is -0.188. The minimum absolute atomic E-state index is 0.132. The molecule has 0 aliphatic rings. The second-order valence-corrected chi connectivity index (χ2v) is 9.41. The molecule has 0 bridgehead atoms. The molecule has 0 saturated carbocycles. The highest BCUT2D eigenvalue weighted by Crippen LogP contribution is 2.31. The number of carbonyl (C=O) groups is 1. The van der Waals surface area contributed by atoms with E-state index < -0.39 is 0 Å². The zero-order valence-corrected chi connectivity index (χ0v) is 21.1. The van der Waals surface area contributed by atoms with Crippen LogP contribution < -0.4 is 10.1 Å². The Bertz CT molecular complexity index is 1320. The number of aromatic nitrogens is 3. The summed E-state index contributed by atoms with van der Waals surface area (Å²) in [5.41, 5.74) is 4.23. The van der Waals surface area contributed by atoms with Gasteiger partial charge in [0.25, 0.3) is 0 Å². The van der Waals surface area contributed by atoms with Crippen molar-refractivity contribution < 1.29 is 9.53 Å². The topological polar surface area (TPSA) is 69.0 Å². The number of carbonyl (C=O) groups excluding carboxylic acids is 1. The van der Waals surface area contributed by atoms with Gasteiger partial charge in [0.1, 0.15) is 5.75 Å². The predicted octanol–water partition coefficient (Wildman–Crippen LogP) is 6.60. The van der Waals surface area contributed by atoms with Crippen molar-refractivity contribution in [2.24, 2.45) is 0 Å². The van der Waals surface area contributed by atoms with E-state index in [1.54, 1.807) is 19.2 Å².